The fraction of sp³-hybridized carbons (Fsp3) is 0.130. The topological polar surface area (TPSA) is 73.8 Å². The predicted molar refractivity (Wildman–Crippen MR) is 124 cm³/mol. The maximum atomic E-state index is 11.1. The molecule has 0 N–H and O–H groups in total. The number of rotatable bonds is 6. The fourth-order valence-corrected chi connectivity index (χ4v) is 4.18. The number of thioether (sulfide) groups is 1. The summed E-state index contributed by atoms with van der Waals surface area (Å²) in [4.78, 5) is 10.7. The molecule has 3 aromatic carbocycles. The Morgan fingerprint density at radius 3 is 2.48 bits per heavy atom. The summed E-state index contributed by atoms with van der Waals surface area (Å²) in [5.41, 5.74) is 5.16. The summed E-state index contributed by atoms with van der Waals surface area (Å²) in [7, 11) is 0. The van der Waals surface area contributed by atoms with Crippen molar-refractivity contribution in [3.63, 3.8) is 0 Å². The lowest BCUT2D eigenvalue weighted by molar-refractivity contribution is -0.384. The number of aryl methyl sites for hydroxylation is 2. The van der Waals surface area contributed by atoms with Gasteiger partial charge >= 0.3 is 0 Å². The lowest BCUT2D eigenvalue weighted by Crippen LogP contribution is -2.01. The van der Waals surface area contributed by atoms with Crippen LogP contribution in [0.15, 0.2) is 71.9 Å². The van der Waals surface area contributed by atoms with Gasteiger partial charge in [0.2, 0.25) is 0 Å². The Bertz CT molecular complexity index is 1250. The second-order valence-electron chi connectivity index (χ2n) is 7.13. The highest BCUT2D eigenvalue weighted by atomic mass is 35.5. The number of benzene rings is 3. The van der Waals surface area contributed by atoms with Crippen molar-refractivity contribution in [3.05, 3.63) is 98.6 Å². The highest BCUT2D eigenvalue weighted by Crippen LogP contribution is 2.31. The summed E-state index contributed by atoms with van der Waals surface area (Å²) in [6, 6.07) is 20.4. The molecule has 31 heavy (non-hydrogen) atoms. The van der Waals surface area contributed by atoms with Crippen molar-refractivity contribution >= 4 is 29.1 Å². The average Bonchev–Trinajstić information content (AvgIpc) is 3.19. The number of nitro groups is 1. The molecule has 0 saturated carbocycles. The van der Waals surface area contributed by atoms with Crippen molar-refractivity contribution in [1.29, 1.82) is 0 Å². The maximum absolute atomic E-state index is 11.1. The SMILES string of the molecule is Cc1ccc(-n2c(SCc3cccc([N+](=O)[O-])c3)nnc2-c2ccc(Cl)cc2)cc1C. The Morgan fingerprint density at radius 2 is 1.77 bits per heavy atom. The smallest absolute Gasteiger partial charge is 0.269 e. The van der Waals surface area contributed by atoms with Crippen molar-refractivity contribution in [2.24, 2.45) is 0 Å². The molecule has 0 aliphatic heterocycles. The molecule has 0 unspecified atom stereocenters. The molecule has 156 valence electrons. The van der Waals surface area contributed by atoms with Crippen molar-refractivity contribution in [2.75, 3.05) is 0 Å². The summed E-state index contributed by atoms with van der Waals surface area (Å²) >= 11 is 7.54. The first kappa shape index (κ1) is 21.1. The van der Waals surface area contributed by atoms with Crippen molar-refractivity contribution in [2.45, 2.75) is 24.8 Å². The van der Waals surface area contributed by atoms with Gasteiger partial charge in [0.1, 0.15) is 0 Å². The molecular formula is C23H19ClN4O2S. The van der Waals surface area contributed by atoms with Crippen molar-refractivity contribution < 1.29 is 4.92 Å². The van der Waals surface area contributed by atoms with E-state index in [2.05, 4.69) is 36.2 Å². The molecule has 8 heteroatoms. The van der Waals surface area contributed by atoms with E-state index in [1.54, 1.807) is 12.1 Å². The first-order valence-corrected chi connectivity index (χ1v) is 10.9. The third-order valence-electron chi connectivity index (χ3n) is 4.97. The van der Waals surface area contributed by atoms with Crippen LogP contribution in [0.3, 0.4) is 0 Å². The number of nitro benzene ring substituents is 1. The van der Waals surface area contributed by atoms with E-state index < -0.39 is 0 Å². The Balaban J connectivity index is 1.73. The standard InChI is InChI=1S/C23H19ClN4O2S/c1-15-6-11-20(12-16(15)2)27-22(18-7-9-19(24)10-8-18)25-26-23(27)31-14-17-4-3-5-21(13-17)28(29)30/h3-13H,14H2,1-2H3. The van der Waals surface area contributed by atoms with Crippen LogP contribution in [0.4, 0.5) is 5.69 Å². The maximum Gasteiger partial charge on any atom is 0.269 e. The van der Waals surface area contributed by atoms with Gasteiger partial charge in [0.05, 0.1) is 10.6 Å². The molecule has 4 aromatic rings. The lowest BCUT2D eigenvalue weighted by Gasteiger charge is -2.12. The number of non-ortho nitro benzene ring substituents is 1. The summed E-state index contributed by atoms with van der Waals surface area (Å²) < 4.78 is 2.01. The zero-order valence-corrected chi connectivity index (χ0v) is 18.5. The Hall–Kier alpha value is -3.16. The Labute approximate surface area is 189 Å². The minimum absolute atomic E-state index is 0.0792. The molecular weight excluding hydrogens is 432 g/mol. The van der Waals surface area contributed by atoms with Crippen LogP contribution < -0.4 is 0 Å². The molecule has 1 heterocycles. The minimum atomic E-state index is -0.385. The van der Waals surface area contributed by atoms with Crippen LogP contribution in [0.2, 0.25) is 5.02 Å². The largest absolute Gasteiger partial charge is 0.270 e. The number of nitrogens with zero attached hydrogens (tertiary/aromatic N) is 4. The van der Waals surface area contributed by atoms with E-state index in [0.717, 1.165) is 16.8 Å². The van der Waals surface area contributed by atoms with Gasteiger partial charge in [-0.2, -0.15) is 0 Å². The molecule has 0 saturated heterocycles. The van der Waals surface area contributed by atoms with E-state index in [1.807, 2.05) is 41.0 Å². The van der Waals surface area contributed by atoms with Crippen LogP contribution in [-0.4, -0.2) is 19.7 Å². The molecule has 0 bridgehead atoms. The van der Waals surface area contributed by atoms with Crippen LogP contribution in [0.25, 0.3) is 17.1 Å². The fourth-order valence-electron chi connectivity index (χ4n) is 3.15. The van der Waals surface area contributed by atoms with Gasteiger partial charge < -0.3 is 0 Å². The molecule has 6 nitrogen and oxygen atoms in total. The zero-order valence-electron chi connectivity index (χ0n) is 16.9. The predicted octanol–water partition coefficient (Wildman–Crippen LogP) is 6.41. The quantitative estimate of drug-likeness (QED) is 0.193. The monoisotopic (exact) mass is 450 g/mol. The molecule has 0 aliphatic rings. The first-order valence-electron chi connectivity index (χ1n) is 9.57. The van der Waals surface area contributed by atoms with Crippen molar-refractivity contribution in [1.82, 2.24) is 14.8 Å². The first-order chi connectivity index (χ1) is 14.9. The van der Waals surface area contributed by atoms with Crippen molar-refractivity contribution in [3.8, 4) is 17.1 Å². The van der Waals surface area contributed by atoms with Crippen LogP contribution >= 0.6 is 23.4 Å². The van der Waals surface area contributed by atoms with Gasteiger partial charge in [-0.15, -0.1) is 10.2 Å². The molecule has 4 rings (SSSR count). The van der Waals surface area contributed by atoms with Gasteiger partial charge in [0, 0.05) is 28.5 Å². The van der Waals surface area contributed by atoms with Crippen LogP contribution in [-0.2, 0) is 5.75 Å². The highest BCUT2D eigenvalue weighted by Gasteiger charge is 2.17. The molecule has 0 aliphatic carbocycles. The third-order valence-corrected chi connectivity index (χ3v) is 6.23. The third kappa shape index (κ3) is 4.62. The lowest BCUT2D eigenvalue weighted by atomic mass is 10.1. The van der Waals surface area contributed by atoms with E-state index in [-0.39, 0.29) is 10.6 Å². The molecule has 1 aromatic heterocycles. The summed E-state index contributed by atoms with van der Waals surface area (Å²) in [5.74, 6) is 1.24. The second kappa shape index (κ2) is 8.91. The molecule has 0 spiro atoms. The van der Waals surface area contributed by atoms with Crippen LogP contribution in [0, 0.1) is 24.0 Å². The molecule has 0 amide bonds. The zero-order chi connectivity index (χ0) is 22.0. The minimum Gasteiger partial charge on any atom is -0.270 e. The number of hydrogen-bond acceptors (Lipinski definition) is 5. The van der Waals surface area contributed by atoms with Gasteiger partial charge in [-0.1, -0.05) is 41.6 Å². The van der Waals surface area contributed by atoms with E-state index in [9.17, 15) is 10.1 Å². The number of halogens is 1. The molecule has 0 atom stereocenters. The highest BCUT2D eigenvalue weighted by molar-refractivity contribution is 7.98. The second-order valence-corrected chi connectivity index (χ2v) is 8.51. The number of hydrogen-bond donors (Lipinski definition) is 0. The summed E-state index contributed by atoms with van der Waals surface area (Å²) in [6.45, 7) is 4.14. The van der Waals surface area contributed by atoms with E-state index in [1.165, 1.54) is 29.0 Å². The van der Waals surface area contributed by atoms with Gasteiger partial charge in [-0.25, -0.2) is 0 Å². The van der Waals surface area contributed by atoms with Gasteiger partial charge in [0.15, 0.2) is 11.0 Å². The van der Waals surface area contributed by atoms with Gasteiger partial charge in [-0.3, -0.25) is 14.7 Å². The Morgan fingerprint density at radius 1 is 1.00 bits per heavy atom. The summed E-state index contributed by atoms with van der Waals surface area (Å²) in [5, 5.41) is 21.3. The average molecular weight is 451 g/mol. The Kier molecular flexibility index (Phi) is 6.06. The number of aromatic nitrogens is 3. The van der Waals surface area contributed by atoms with E-state index in [0.29, 0.717) is 21.8 Å². The van der Waals surface area contributed by atoms with Gasteiger partial charge in [0.25, 0.3) is 5.69 Å². The van der Waals surface area contributed by atoms with Crippen LogP contribution in [0.5, 0.6) is 0 Å². The normalized spacial score (nSPS) is 10.9. The summed E-state index contributed by atoms with van der Waals surface area (Å²) in [6.07, 6.45) is 0. The molecule has 0 radical (unpaired) electrons. The van der Waals surface area contributed by atoms with Crippen LogP contribution in [0.1, 0.15) is 16.7 Å². The van der Waals surface area contributed by atoms with E-state index in [4.69, 9.17) is 11.6 Å². The van der Waals surface area contributed by atoms with Gasteiger partial charge in [-0.05, 0) is 66.9 Å². The van der Waals surface area contributed by atoms with E-state index >= 15 is 0 Å². The molecule has 0 fully saturated rings.